The van der Waals surface area contributed by atoms with Gasteiger partial charge in [-0.05, 0) is 36.4 Å². The Morgan fingerprint density at radius 2 is 1.67 bits per heavy atom. The number of carboxylic acids is 2. The monoisotopic (exact) mass is 411 g/mol. The normalized spacial score (nSPS) is 16.0. The molecule has 1 aromatic heterocycles. The molecule has 3 aromatic rings. The molecule has 4 rings (SSSR count). The van der Waals surface area contributed by atoms with E-state index < -0.39 is 18.0 Å². The maximum Gasteiger partial charge on any atom is 0.335 e. The summed E-state index contributed by atoms with van der Waals surface area (Å²) in [6, 6.07) is 10.2. The topological polar surface area (TPSA) is 86.0 Å². The van der Waals surface area contributed by atoms with Gasteiger partial charge < -0.3 is 19.7 Å². The minimum Gasteiger partial charge on any atom is -0.480 e. The van der Waals surface area contributed by atoms with Crippen LogP contribution in [0.5, 0.6) is 0 Å². The Morgan fingerprint density at radius 1 is 1.00 bits per heavy atom. The van der Waals surface area contributed by atoms with Gasteiger partial charge in [-0.2, -0.15) is 0 Å². The average Bonchev–Trinajstić information content (AvgIpc) is 3.05. The first-order valence-corrected chi connectivity index (χ1v) is 9.65. The molecule has 2 heterocycles. The number of aromatic nitrogens is 1. The molecule has 1 aliphatic rings. The predicted octanol–water partition coefficient (Wildman–Crippen LogP) is 2.96. The number of hydrogen-bond donors (Lipinski definition) is 2. The van der Waals surface area contributed by atoms with Crippen LogP contribution in [0.3, 0.4) is 0 Å². The molecular weight excluding hydrogens is 389 g/mol. The second-order valence-electron chi connectivity index (χ2n) is 7.47. The van der Waals surface area contributed by atoms with E-state index in [9.17, 15) is 24.2 Å². The third-order valence-electron chi connectivity index (χ3n) is 5.67. The summed E-state index contributed by atoms with van der Waals surface area (Å²) < 4.78 is 14.9. The van der Waals surface area contributed by atoms with Crippen molar-refractivity contribution in [2.75, 3.05) is 31.1 Å². The first-order chi connectivity index (χ1) is 14.3. The zero-order chi connectivity index (χ0) is 21.4. The van der Waals surface area contributed by atoms with Crippen molar-refractivity contribution in [3.05, 3.63) is 65.6 Å². The molecule has 2 aromatic carbocycles. The molecule has 156 valence electrons. The number of anilines is 1. The van der Waals surface area contributed by atoms with Gasteiger partial charge in [0.2, 0.25) is 0 Å². The number of aryl methyl sites for hydroxylation is 1. The summed E-state index contributed by atoms with van der Waals surface area (Å²) in [6.07, 6.45) is 1.77. The predicted molar refractivity (Wildman–Crippen MR) is 110 cm³/mol. The van der Waals surface area contributed by atoms with Crippen molar-refractivity contribution in [1.29, 1.82) is 0 Å². The molecule has 0 radical (unpaired) electrons. The molecule has 0 unspecified atom stereocenters. The Morgan fingerprint density at radius 3 is 2.27 bits per heavy atom. The van der Waals surface area contributed by atoms with Crippen LogP contribution < -0.4 is 4.90 Å². The molecule has 0 aliphatic carbocycles. The minimum absolute atomic E-state index is 0.162. The number of carboxylic acid groups (broad SMARTS) is 2. The summed E-state index contributed by atoms with van der Waals surface area (Å²) in [5, 5.41) is 20.0. The quantitative estimate of drug-likeness (QED) is 0.671. The third kappa shape index (κ3) is 3.61. The second-order valence-corrected chi connectivity index (χ2v) is 7.47. The van der Waals surface area contributed by atoms with E-state index in [0.29, 0.717) is 37.3 Å². The fraction of sp³-hybridized carbons (Fsp3) is 0.273. The summed E-state index contributed by atoms with van der Waals surface area (Å²) in [4.78, 5) is 27.5. The van der Waals surface area contributed by atoms with Crippen molar-refractivity contribution in [2.45, 2.75) is 6.04 Å². The van der Waals surface area contributed by atoms with Gasteiger partial charge in [0.05, 0.1) is 5.56 Å². The molecule has 1 fully saturated rings. The van der Waals surface area contributed by atoms with Gasteiger partial charge >= 0.3 is 11.9 Å². The van der Waals surface area contributed by atoms with Crippen molar-refractivity contribution in [3.63, 3.8) is 0 Å². The van der Waals surface area contributed by atoms with Crippen LogP contribution in [0.2, 0.25) is 0 Å². The Balaban J connectivity index is 1.60. The van der Waals surface area contributed by atoms with Crippen LogP contribution in [0, 0.1) is 5.82 Å². The fourth-order valence-electron chi connectivity index (χ4n) is 4.14. The largest absolute Gasteiger partial charge is 0.480 e. The number of aliphatic carboxylic acids is 1. The van der Waals surface area contributed by atoms with Crippen molar-refractivity contribution >= 4 is 28.5 Å². The number of aromatic carboxylic acids is 1. The summed E-state index contributed by atoms with van der Waals surface area (Å²) in [7, 11) is 1.78. The summed E-state index contributed by atoms with van der Waals surface area (Å²) in [5.74, 6) is -2.25. The number of fused-ring (bicyclic) bond motifs is 1. The van der Waals surface area contributed by atoms with Crippen molar-refractivity contribution < 1.29 is 24.2 Å². The van der Waals surface area contributed by atoms with E-state index in [-0.39, 0.29) is 11.4 Å². The van der Waals surface area contributed by atoms with E-state index >= 15 is 0 Å². The third-order valence-corrected chi connectivity index (χ3v) is 5.67. The molecule has 0 amide bonds. The van der Waals surface area contributed by atoms with E-state index in [1.165, 1.54) is 18.2 Å². The van der Waals surface area contributed by atoms with E-state index in [0.717, 1.165) is 11.1 Å². The van der Waals surface area contributed by atoms with Crippen LogP contribution in [-0.4, -0.2) is 57.8 Å². The molecular formula is C22H22FN3O4. The standard InChI is InChI=1S/C22H22FN3O4/c1-24-13-18(17-7-2-14(21(27)28)12-19(17)24)20(22(29)30)26-10-8-25(9-11-26)16-5-3-15(23)4-6-16/h2-7,12-13,20H,8-11H2,1H3,(H,27,28)(H,29,30)/t20-/m1/s1. The smallest absolute Gasteiger partial charge is 0.335 e. The van der Waals surface area contributed by atoms with Crippen LogP contribution in [0.1, 0.15) is 22.0 Å². The van der Waals surface area contributed by atoms with Crippen LogP contribution in [0.4, 0.5) is 10.1 Å². The summed E-state index contributed by atoms with van der Waals surface area (Å²) in [6.45, 7) is 2.34. The van der Waals surface area contributed by atoms with Gasteiger partial charge in [0, 0.05) is 61.6 Å². The molecule has 1 atom stereocenters. The lowest BCUT2D eigenvalue weighted by molar-refractivity contribution is -0.143. The zero-order valence-corrected chi connectivity index (χ0v) is 16.5. The molecule has 0 bridgehead atoms. The van der Waals surface area contributed by atoms with Crippen molar-refractivity contribution in [1.82, 2.24) is 9.47 Å². The average molecular weight is 411 g/mol. The minimum atomic E-state index is -1.02. The SMILES string of the molecule is Cn1cc([C@H](C(=O)O)N2CCN(c3ccc(F)cc3)CC2)c2ccc(C(=O)O)cc21. The van der Waals surface area contributed by atoms with E-state index in [4.69, 9.17) is 0 Å². The number of carbonyl (C=O) groups is 2. The molecule has 30 heavy (non-hydrogen) atoms. The highest BCUT2D eigenvalue weighted by Gasteiger charge is 2.32. The molecule has 1 saturated heterocycles. The summed E-state index contributed by atoms with van der Waals surface area (Å²) >= 11 is 0. The van der Waals surface area contributed by atoms with Gasteiger partial charge in [0.15, 0.2) is 0 Å². The maximum atomic E-state index is 13.2. The van der Waals surface area contributed by atoms with Crippen LogP contribution in [0.15, 0.2) is 48.7 Å². The van der Waals surface area contributed by atoms with Gasteiger partial charge in [-0.3, -0.25) is 9.69 Å². The van der Waals surface area contributed by atoms with Crippen LogP contribution >= 0.6 is 0 Å². The lowest BCUT2D eigenvalue weighted by Crippen LogP contribution is -2.49. The lowest BCUT2D eigenvalue weighted by Gasteiger charge is -2.38. The second kappa shape index (κ2) is 7.79. The lowest BCUT2D eigenvalue weighted by atomic mass is 10.0. The first-order valence-electron chi connectivity index (χ1n) is 9.65. The van der Waals surface area contributed by atoms with Gasteiger partial charge in [-0.1, -0.05) is 6.07 Å². The molecule has 7 nitrogen and oxygen atoms in total. The highest BCUT2D eigenvalue weighted by atomic mass is 19.1. The molecule has 1 aliphatic heterocycles. The number of hydrogen-bond acceptors (Lipinski definition) is 4. The molecule has 8 heteroatoms. The first kappa shape index (κ1) is 19.9. The van der Waals surface area contributed by atoms with Crippen LogP contribution in [0.25, 0.3) is 10.9 Å². The number of piperazine rings is 1. The van der Waals surface area contributed by atoms with E-state index in [1.54, 1.807) is 42.1 Å². The number of rotatable bonds is 5. The Hall–Kier alpha value is -3.39. The Labute approximate surface area is 172 Å². The van der Waals surface area contributed by atoms with Crippen molar-refractivity contribution in [2.24, 2.45) is 7.05 Å². The molecule has 2 N–H and O–H groups in total. The summed E-state index contributed by atoms with van der Waals surface area (Å²) in [5.41, 5.74) is 2.40. The van der Waals surface area contributed by atoms with E-state index in [1.807, 2.05) is 4.90 Å². The Bertz CT molecular complexity index is 1100. The van der Waals surface area contributed by atoms with Gasteiger partial charge in [0.25, 0.3) is 0 Å². The highest BCUT2D eigenvalue weighted by molar-refractivity contribution is 5.96. The number of halogens is 1. The zero-order valence-electron chi connectivity index (χ0n) is 16.5. The highest BCUT2D eigenvalue weighted by Crippen LogP contribution is 2.32. The molecule has 0 saturated carbocycles. The van der Waals surface area contributed by atoms with Gasteiger partial charge in [-0.15, -0.1) is 0 Å². The Kier molecular flexibility index (Phi) is 5.17. The van der Waals surface area contributed by atoms with Gasteiger partial charge in [0.1, 0.15) is 11.9 Å². The van der Waals surface area contributed by atoms with Crippen molar-refractivity contribution in [3.8, 4) is 0 Å². The van der Waals surface area contributed by atoms with Gasteiger partial charge in [-0.25, -0.2) is 9.18 Å². The number of benzene rings is 2. The fourth-order valence-corrected chi connectivity index (χ4v) is 4.14. The number of nitrogens with zero attached hydrogens (tertiary/aromatic N) is 3. The molecule has 0 spiro atoms. The van der Waals surface area contributed by atoms with Crippen LogP contribution in [-0.2, 0) is 11.8 Å². The maximum absolute atomic E-state index is 13.2. The van der Waals surface area contributed by atoms with E-state index in [2.05, 4.69) is 4.90 Å².